The van der Waals surface area contributed by atoms with Crippen LogP contribution in [0.15, 0.2) is 35.0 Å². The largest absolute Gasteiger partial charge is 0.338 e. The molecule has 3 heterocycles. The van der Waals surface area contributed by atoms with Gasteiger partial charge in [-0.1, -0.05) is 12.1 Å². The summed E-state index contributed by atoms with van der Waals surface area (Å²) in [7, 11) is 0. The van der Waals surface area contributed by atoms with Gasteiger partial charge >= 0.3 is 0 Å². The van der Waals surface area contributed by atoms with Crippen LogP contribution in [0.2, 0.25) is 0 Å². The maximum absolute atomic E-state index is 12.7. The Morgan fingerprint density at radius 3 is 2.50 bits per heavy atom. The average molecular weight is 440 g/mol. The highest BCUT2D eigenvalue weighted by Gasteiger charge is 2.28. The number of anilines is 1. The van der Waals surface area contributed by atoms with Gasteiger partial charge in [0.1, 0.15) is 0 Å². The summed E-state index contributed by atoms with van der Waals surface area (Å²) in [5.41, 5.74) is 5.69. The van der Waals surface area contributed by atoms with Crippen LogP contribution in [0.4, 0.5) is 5.13 Å². The Morgan fingerprint density at radius 1 is 1.07 bits per heavy atom. The Bertz CT molecular complexity index is 1060. The van der Waals surface area contributed by atoms with Crippen molar-refractivity contribution >= 4 is 39.6 Å². The second-order valence-electron chi connectivity index (χ2n) is 7.82. The van der Waals surface area contributed by atoms with E-state index in [9.17, 15) is 9.59 Å². The summed E-state index contributed by atoms with van der Waals surface area (Å²) >= 11 is 2.91. The lowest BCUT2D eigenvalue weighted by Crippen LogP contribution is -2.41. The van der Waals surface area contributed by atoms with Gasteiger partial charge in [0, 0.05) is 30.0 Å². The number of aryl methyl sites for hydroxylation is 3. The minimum atomic E-state index is -0.0897. The normalized spacial score (nSPS) is 14.7. The fourth-order valence-corrected chi connectivity index (χ4v) is 5.20. The van der Waals surface area contributed by atoms with Crippen LogP contribution in [0.3, 0.4) is 0 Å². The number of rotatable bonds is 4. The van der Waals surface area contributed by atoms with Crippen LogP contribution in [0.5, 0.6) is 0 Å². The van der Waals surface area contributed by atoms with E-state index in [1.54, 1.807) is 0 Å². The predicted molar refractivity (Wildman–Crippen MR) is 123 cm³/mol. The molecule has 4 rings (SSSR count). The van der Waals surface area contributed by atoms with Gasteiger partial charge in [0.05, 0.1) is 10.6 Å². The van der Waals surface area contributed by atoms with Crippen molar-refractivity contribution in [3.05, 3.63) is 56.6 Å². The van der Waals surface area contributed by atoms with Crippen LogP contribution in [0.25, 0.3) is 11.3 Å². The molecular weight excluding hydrogens is 414 g/mol. The number of benzene rings is 1. The van der Waals surface area contributed by atoms with Crippen molar-refractivity contribution in [1.82, 2.24) is 9.88 Å². The standard InChI is InChI=1S/C23H25N3O2S2/c1-14-11-16(3)18(12-15(14)2)19-13-30-23(24-19)25-21(27)17-6-8-26(9-7-17)22(28)20-5-4-10-29-20/h4-5,10-13,17H,6-9H2,1-3H3,(H,24,25,27). The third kappa shape index (κ3) is 4.32. The Kier molecular flexibility index (Phi) is 6.01. The first-order valence-corrected chi connectivity index (χ1v) is 11.9. The van der Waals surface area contributed by atoms with Gasteiger partial charge in [0.25, 0.3) is 5.91 Å². The number of nitrogens with zero attached hydrogens (tertiary/aromatic N) is 2. The van der Waals surface area contributed by atoms with Crippen LogP contribution in [0, 0.1) is 26.7 Å². The molecule has 2 amide bonds. The first-order valence-electron chi connectivity index (χ1n) is 10.1. The van der Waals surface area contributed by atoms with Gasteiger partial charge in [-0.2, -0.15) is 0 Å². The van der Waals surface area contributed by atoms with E-state index in [1.807, 2.05) is 27.8 Å². The number of carbonyl (C=O) groups excluding carboxylic acids is 2. The highest BCUT2D eigenvalue weighted by Crippen LogP contribution is 2.30. The molecule has 0 spiro atoms. The van der Waals surface area contributed by atoms with Gasteiger partial charge in [-0.05, 0) is 67.8 Å². The Labute approximate surface area is 184 Å². The highest BCUT2D eigenvalue weighted by molar-refractivity contribution is 7.14. The molecule has 0 aliphatic carbocycles. The molecule has 7 heteroatoms. The number of hydrogen-bond acceptors (Lipinski definition) is 5. The van der Waals surface area contributed by atoms with Gasteiger partial charge in [0.2, 0.25) is 5.91 Å². The van der Waals surface area contributed by atoms with E-state index >= 15 is 0 Å². The second-order valence-corrected chi connectivity index (χ2v) is 9.63. The minimum absolute atomic E-state index is 0.00377. The predicted octanol–water partition coefficient (Wildman–Crippen LogP) is 5.29. The molecule has 0 radical (unpaired) electrons. The molecule has 3 aromatic rings. The monoisotopic (exact) mass is 439 g/mol. The summed E-state index contributed by atoms with van der Waals surface area (Å²) in [5, 5.41) is 7.52. The lowest BCUT2D eigenvalue weighted by Gasteiger charge is -2.30. The maximum atomic E-state index is 12.7. The molecule has 30 heavy (non-hydrogen) atoms. The van der Waals surface area contributed by atoms with E-state index in [0.29, 0.717) is 31.1 Å². The van der Waals surface area contributed by atoms with Crippen molar-refractivity contribution in [2.45, 2.75) is 33.6 Å². The summed E-state index contributed by atoms with van der Waals surface area (Å²) in [6, 6.07) is 8.07. The van der Waals surface area contributed by atoms with E-state index < -0.39 is 0 Å². The Morgan fingerprint density at radius 2 is 1.80 bits per heavy atom. The molecule has 1 aliphatic rings. The molecule has 0 atom stereocenters. The van der Waals surface area contributed by atoms with Crippen molar-refractivity contribution in [1.29, 1.82) is 0 Å². The quantitative estimate of drug-likeness (QED) is 0.601. The summed E-state index contributed by atoms with van der Waals surface area (Å²) in [5.74, 6) is -0.0267. The number of likely N-dealkylation sites (tertiary alicyclic amines) is 1. The van der Waals surface area contributed by atoms with Gasteiger partial charge in [-0.3, -0.25) is 9.59 Å². The number of aromatic nitrogens is 1. The molecule has 0 bridgehead atoms. The van der Waals surface area contributed by atoms with Crippen molar-refractivity contribution in [3.63, 3.8) is 0 Å². The fourth-order valence-electron chi connectivity index (χ4n) is 3.80. The molecule has 1 aliphatic heterocycles. The number of hydrogen-bond donors (Lipinski definition) is 1. The molecule has 0 unspecified atom stereocenters. The number of amides is 2. The lowest BCUT2D eigenvalue weighted by molar-refractivity contribution is -0.121. The fraction of sp³-hybridized carbons (Fsp3) is 0.348. The molecule has 5 nitrogen and oxygen atoms in total. The number of piperidine rings is 1. The van der Waals surface area contributed by atoms with Gasteiger partial charge in [0.15, 0.2) is 5.13 Å². The summed E-state index contributed by atoms with van der Waals surface area (Å²) < 4.78 is 0. The number of thiophene rings is 1. The van der Waals surface area contributed by atoms with Crippen LogP contribution >= 0.6 is 22.7 Å². The second kappa shape index (κ2) is 8.70. The first-order chi connectivity index (χ1) is 14.4. The zero-order valence-corrected chi connectivity index (χ0v) is 19.0. The topological polar surface area (TPSA) is 62.3 Å². The van der Waals surface area contributed by atoms with Crippen LogP contribution in [-0.2, 0) is 4.79 Å². The van der Waals surface area contributed by atoms with Crippen molar-refractivity contribution in [3.8, 4) is 11.3 Å². The Balaban J connectivity index is 1.36. The molecular formula is C23H25N3O2S2. The van der Waals surface area contributed by atoms with Gasteiger partial charge < -0.3 is 10.2 Å². The summed E-state index contributed by atoms with van der Waals surface area (Å²) in [6.45, 7) is 7.52. The van der Waals surface area contributed by atoms with E-state index in [-0.39, 0.29) is 17.7 Å². The number of nitrogens with one attached hydrogen (secondary N) is 1. The van der Waals surface area contributed by atoms with Crippen molar-refractivity contribution < 1.29 is 9.59 Å². The molecule has 1 saturated heterocycles. The van der Waals surface area contributed by atoms with E-state index in [1.165, 1.54) is 39.4 Å². The van der Waals surface area contributed by atoms with Crippen LogP contribution in [-0.4, -0.2) is 34.8 Å². The van der Waals surface area contributed by atoms with E-state index in [4.69, 9.17) is 0 Å². The van der Waals surface area contributed by atoms with Gasteiger partial charge in [-0.15, -0.1) is 22.7 Å². The number of carbonyl (C=O) groups is 2. The summed E-state index contributed by atoms with van der Waals surface area (Å²) in [6.07, 6.45) is 1.36. The van der Waals surface area contributed by atoms with Crippen molar-refractivity contribution in [2.75, 3.05) is 18.4 Å². The van der Waals surface area contributed by atoms with Gasteiger partial charge in [-0.25, -0.2) is 4.98 Å². The third-order valence-corrected chi connectivity index (χ3v) is 7.35. The van der Waals surface area contributed by atoms with Crippen molar-refractivity contribution in [2.24, 2.45) is 5.92 Å². The molecule has 0 saturated carbocycles. The van der Waals surface area contributed by atoms with Crippen LogP contribution < -0.4 is 5.32 Å². The molecule has 1 N–H and O–H groups in total. The SMILES string of the molecule is Cc1cc(C)c(-c2csc(NC(=O)C3CCN(C(=O)c4cccs4)CC3)n2)cc1C. The van der Waals surface area contributed by atoms with E-state index in [2.05, 4.69) is 43.2 Å². The molecule has 1 aromatic carbocycles. The highest BCUT2D eigenvalue weighted by atomic mass is 32.1. The maximum Gasteiger partial charge on any atom is 0.263 e. The first kappa shape index (κ1) is 20.8. The van der Waals surface area contributed by atoms with Crippen LogP contribution in [0.1, 0.15) is 39.2 Å². The summed E-state index contributed by atoms with van der Waals surface area (Å²) in [4.78, 5) is 32.5. The zero-order chi connectivity index (χ0) is 21.3. The third-order valence-electron chi connectivity index (χ3n) is 5.74. The smallest absolute Gasteiger partial charge is 0.263 e. The zero-order valence-electron chi connectivity index (χ0n) is 17.4. The minimum Gasteiger partial charge on any atom is -0.338 e. The lowest BCUT2D eigenvalue weighted by atomic mass is 9.96. The molecule has 1 fully saturated rings. The Hall–Kier alpha value is -2.51. The molecule has 2 aromatic heterocycles. The number of thiazole rings is 1. The molecule has 156 valence electrons. The average Bonchev–Trinajstić information content (AvgIpc) is 3.43. The van der Waals surface area contributed by atoms with E-state index in [0.717, 1.165) is 16.1 Å².